The number of hydrogen-bond acceptors (Lipinski definition) is 20. The Balaban J connectivity index is 0.000000334. The number of fused-ring (bicyclic) bond motifs is 4. The number of hydrogen-bond donors (Lipinski definition) is 0. The molecule has 0 spiro atoms. The summed E-state index contributed by atoms with van der Waals surface area (Å²) in [7, 11) is 0. The van der Waals surface area contributed by atoms with Gasteiger partial charge in [0.15, 0.2) is 26.4 Å². The second kappa shape index (κ2) is 66.0. The van der Waals surface area contributed by atoms with E-state index in [1.54, 1.807) is 0 Å². The van der Waals surface area contributed by atoms with Crippen LogP contribution in [0.5, 0.6) is 0 Å². The fourth-order valence-electron chi connectivity index (χ4n) is 16.6. The van der Waals surface area contributed by atoms with Crippen molar-refractivity contribution in [2.45, 2.75) is 269 Å². The Morgan fingerprint density at radius 1 is 0.282 bits per heavy atom. The summed E-state index contributed by atoms with van der Waals surface area (Å²) in [6, 6.07) is 11.8. The van der Waals surface area contributed by atoms with Gasteiger partial charge in [0.05, 0.1) is 71.5 Å². The van der Waals surface area contributed by atoms with Gasteiger partial charge in [-0.3, -0.25) is 19.2 Å². The number of aryl methyl sites for hydroxylation is 8. The lowest BCUT2D eigenvalue weighted by molar-refractivity contribution is -0.137. The highest BCUT2D eigenvalue weighted by atomic mass is 35.5. The standard InChI is InChI=1S/2C29H41ClN2O4.2C29H42N2O4/c2*1-20(2)17-32(18-21(3)4)26(33)19-36-31-24-13-11-9-7-8-10-12-14-35-29(34)27-22(5)15-23(6)28(30)25(27)16-24;2*1-21(2)18-31(19-22(3)4)27(32)20-35-30-26-13-11-9-7-8-10-12-14-34-29(33)28-24(6)15-23(5)16-25(28)17-26/h2*8,10-11,13,15,20-21H,7,9,12,14,16-19H2,1-6H3;2*8,10-11,13,15-16,21-22H,7,9,12,14,17-20H2,1-6H3/b10-8+,13-11+,31-24+;10-8+,13-11+,31-24-;10-8+,13-11+,30-26+;10-8+,13-11+,30-26-. The number of carbonyl (C=O) groups is 8. The third kappa shape index (κ3) is 46.6. The number of halogens is 2. The normalized spacial score (nSPS) is 18.0. The molecular weight excluding hydrogens is 1830 g/mol. The molecule has 0 fully saturated rings. The van der Waals surface area contributed by atoms with Crippen LogP contribution in [0.3, 0.4) is 0 Å². The van der Waals surface area contributed by atoms with Crippen LogP contribution in [0.2, 0.25) is 10.0 Å². The van der Waals surface area contributed by atoms with Gasteiger partial charge in [0, 0.05) is 88.1 Å². The Morgan fingerprint density at radius 2 is 0.486 bits per heavy atom. The van der Waals surface area contributed by atoms with Crippen LogP contribution < -0.4 is 0 Å². The van der Waals surface area contributed by atoms with Crippen LogP contribution in [0, 0.1) is 103 Å². The van der Waals surface area contributed by atoms with Gasteiger partial charge in [0.25, 0.3) is 23.6 Å². The number of cyclic esters (lactones) is 4. The maximum atomic E-state index is 13.0. The Kier molecular flexibility index (Phi) is 56.5. The van der Waals surface area contributed by atoms with Crippen LogP contribution in [-0.4, -0.2) is 195 Å². The molecule has 0 aromatic heterocycles. The fraction of sp³-hybridized carbons (Fsp3) is 0.552. The molecule has 8 rings (SSSR count). The van der Waals surface area contributed by atoms with Gasteiger partial charge >= 0.3 is 23.9 Å². The number of amides is 4. The predicted molar refractivity (Wildman–Crippen MR) is 577 cm³/mol. The Hall–Kier alpha value is -11.0. The van der Waals surface area contributed by atoms with Gasteiger partial charge in [0.1, 0.15) is 0 Å². The highest BCUT2D eigenvalue weighted by molar-refractivity contribution is 6.33. The molecule has 0 saturated heterocycles. The highest BCUT2D eigenvalue weighted by Crippen LogP contribution is 2.33. The Bertz CT molecular complexity index is 4780. The summed E-state index contributed by atoms with van der Waals surface area (Å²) in [4.78, 5) is 133. The molecular formula is C116H166Cl2N8O16. The minimum absolute atomic E-state index is 0.0672. The molecule has 0 atom stereocenters. The van der Waals surface area contributed by atoms with Gasteiger partial charge < -0.3 is 57.9 Å². The van der Waals surface area contributed by atoms with E-state index >= 15 is 0 Å². The van der Waals surface area contributed by atoms with Crippen molar-refractivity contribution in [3.8, 4) is 0 Å². The van der Waals surface area contributed by atoms with Crippen molar-refractivity contribution >= 4 is 93.6 Å². The molecule has 0 N–H and O–H groups in total. The molecule has 0 aliphatic carbocycles. The number of rotatable bonds is 28. The molecule has 780 valence electrons. The van der Waals surface area contributed by atoms with Gasteiger partial charge in [-0.2, -0.15) is 0 Å². The summed E-state index contributed by atoms with van der Waals surface area (Å²) in [6.07, 6.45) is 43.3. The van der Waals surface area contributed by atoms with E-state index in [0.717, 1.165) is 107 Å². The molecule has 0 saturated carbocycles. The summed E-state index contributed by atoms with van der Waals surface area (Å²) in [5.74, 6) is 1.21. The number of esters is 4. The first-order valence-electron chi connectivity index (χ1n) is 51.1. The molecule has 0 unspecified atom stereocenters. The monoisotopic (exact) mass is 2000 g/mol. The molecule has 4 heterocycles. The number of ether oxygens (including phenoxy) is 4. The van der Waals surface area contributed by atoms with E-state index in [4.69, 9.17) is 61.5 Å². The smallest absolute Gasteiger partial charge is 0.338 e. The molecule has 4 aromatic carbocycles. The summed E-state index contributed by atoms with van der Waals surface area (Å²) in [5.41, 5.74) is 14.8. The van der Waals surface area contributed by atoms with Crippen LogP contribution in [0.1, 0.15) is 296 Å². The lowest BCUT2D eigenvalue weighted by atomic mass is 9.94. The topological polar surface area (TPSA) is 273 Å². The third-order valence-corrected chi connectivity index (χ3v) is 23.5. The summed E-state index contributed by atoms with van der Waals surface area (Å²) in [6.45, 7) is 55.3. The van der Waals surface area contributed by atoms with Crippen molar-refractivity contribution in [1.29, 1.82) is 0 Å². The minimum Gasteiger partial charge on any atom is -0.462 e. The molecule has 4 aromatic rings. The second-order valence-electron chi connectivity index (χ2n) is 40.6. The number of allylic oxidation sites excluding steroid dienone is 12. The summed E-state index contributed by atoms with van der Waals surface area (Å²) >= 11 is 13.4. The van der Waals surface area contributed by atoms with E-state index in [9.17, 15) is 38.4 Å². The molecule has 24 nitrogen and oxygen atoms in total. The average molecular weight is 2000 g/mol. The van der Waals surface area contributed by atoms with Crippen LogP contribution in [-0.2, 0) is 83.2 Å². The van der Waals surface area contributed by atoms with Crippen molar-refractivity contribution < 1.29 is 76.7 Å². The van der Waals surface area contributed by atoms with Crippen LogP contribution in [0.15, 0.2) is 154 Å². The predicted octanol–water partition coefficient (Wildman–Crippen LogP) is 24.6. The van der Waals surface area contributed by atoms with Crippen molar-refractivity contribution in [2.75, 3.05) is 105 Å². The van der Waals surface area contributed by atoms with Gasteiger partial charge in [-0.15, -0.1) is 0 Å². The molecule has 0 bridgehead atoms. The third-order valence-electron chi connectivity index (χ3n) is 22.4. The lowest BCUT2D eigenvalue weighted by Crippen LogP contribution is -2.39. The minimum atomic E-state index is -0.396. The average Bonchev–Trinajstić information content (AvgIpc) is 0.814. The van der Waals surface area contributed by atoms with Crippen LogP contribution >= 0.6 is 23.2 Å². The second-order valence-corrected chi connectivity index (χ2v) is 41.3. The highest BCUT2D eigenvalue weighted by Gasteiger charge is 2.29. The quantitative estimate of drug-likeness (QED) is 0.0221. The van der Waals surface area contributed by atoms with E-state index in [2.05, 4.69) is 168 Å². The maximum absolute atomic E-state index is 13.0. The van der Waals surface area contributed by atoms with E-state index in [0.29, 0.717) is 231 Å². The number of carbonyl (C=O) groups excluding carboxylic acids is 8. The molecule has 4 aliphatic heterocycles. The van der Waals surface area contributed by atoms with Gasteiger partial charge in [-0.05, 0) is 260 Å². The van der Waals surface area contributed by atoms with Crippen molar-refractivity contribution in [2.24, 2.45) is 68.0 Å². The number of nitrogens with zero attached hydrogens (tertiary/aromatic N) is 8. The summed E-state index contributed by atoms with van der Waals surface area (Å²) in [5, 5.41) is 18.3. The van der Waals surface area contributed by atoms with Crippen LogP contribution in [0.4, 0.5) is 0 Å². The van der Waals surface area contributed by atoms with E-state index in [1.165, 1.54) is 0 Å². The summed E-state index contributed by atoms with van der Waals surface area (Å²) < 4.78 is 22.2. The first kappa shape index (κ1) is 121. The Labute approximate surface area is 859 Å². The van der Waals surface area contributed by atoms with Crippen molar-refractivity contribution in [1.82, 2.24) is 19.6 Å². The zero-order valence-corrected chi connectivity index (χ0v) is 91.3. The molecule has 142 heavy (non-hydrogen) atoms. The van der Waals surface area contributed by atoms with Gasteiger partial charge in [-0.25, -0.2) is 19.2 Å². The maximum Gasteiger partial charge on any atom is 0.338 e. The van der Waals surface area contributed by atoms with Crippen molar-refractivity contribution in [3.05, 3.63) is 233 Å². The lowest BCUT2D eigenvalue weighted by Gasteiger charge is -2.25. The fourth-order valence-corrected chi connectivity index (χ4v) is 17.1. The zero-order valence-electron chi connectivity index (χ0n) is 89.8. The first-order chi connectivity index (χ1) is 67.5. The van der Waals surface area contributed by atoms with Crippen molar-refractivity contribution in [3.63, 3.8) is 0 Å². The first-order valence-corrected chi connectivity index (χ1v) is 51.9. The number of oxime groups is 4. The van der Waals surface area contributed by atoms with Gasteiger partial charge in [-0.1, -0.05) is 275 Å². The van der Waals surface area contributed by atoms with Crippen LogP contribution in [0.25, 0.3) is 0 Å². The zero-order chi connectivity index (χ0) is 105. The number of benzene rings is 4. The molecule has 4 aliphatic rings. The largest absolute Gasteiger partial charge is 0.462 e. The SMILES string of the molecule is Cc1cc(C)c2c(c1)CC(=N/OCC(=O)N(CC(C)C)CC(C)C)/C=C/CC/C=C/CCOC2=O.Cc1cc(C)c2c(c1)CC(=N\OCC(=O)N(CC(C)C)CC(C)C)/C=C/CC/C=C/CCOC2=O.Cc1cc(C)c2c(c1Cl)CC(=N/OCC(=O)N(CC(C)C)CC(C)C)/C=C/CC/C=C/CCOC2=O.Cc1cc(C)c2c(c1Cl)CC(=N\OCC(=O)N(CC(C)C)CC(C)C)/C=C/CC/C=C/CCOC2=O. The molecule has 26 heteroatoms. The van der Waals surface area contributed by atoms with E-state index in [-0.39, 0.29) is 74.8 Å². The molecule has 4 amide bonds. The van der Waals surface area contributed by atoms with E-state index in [1.807, 2.05) is 172 Å². The van der Waals surface area contributed by atoms with Gasteiger partial charge in [0.2, 0.25) is 0 Å². The Morgan fingerprint density at radius 3 is 0.718 bits per heavy atom. The van der Waals surface area contributed by atoms with E-state index < -0.39 is 11.9 Å². The molecule has 0 radical (unpaired) electrons.